The van der Waals surface area contributed by atoms with Gasteiger partial charge in [-0.25, -0.2) is 0 Å². The van der Waals surface area contributed by atoms with E-state index in [1.165, 1.54) is 9.75 Å². The first-order valence-electron chi connectivity index (χ1n) is 7.37. The lowest BCUT2D eigenvalue weighted by molar-refractivity contribution is 0.457. The molecule has 1 fully saturated rings. The van der Waals surface area contributed by atoms with Gasteiger partial charge in [0.2, 0.25) is 0 Å². The number of rotatable bonds is 4. The van der Waals surface area contributed by atoms with Gasteiger partial charge in [-0.3, -0.25) is 0 Å². The van der Waals surface area contributed by atoms with Crippen molar-refractivity contribution in [1.29, 1.82) is 0 Å². The summed E-state index contributed by atoms with van der Waals surface area (Å²) in [7, 11) is 0. The van der Waals surface area contributed by atoms with Crippen molar-refractivity contribution < 1.29 is 0 Å². The van der Waals surface area contributed by atoms with Crippen LogP contribution in [0.4, 0.5) is 0 Å². The van der Waals surface area contributed by atoms with Gasteiger partial charge >= 0.3 is 0 Å². The topological polar surface area (TPSA) is 12.0 Å². The molecule has 1 heterocycles. The largest absolute Gasteiger partial charge is 0.312 e. The van der Waals surface area contributed by atoms with E-state index in [0.29, 0.717) is 10.8 Å². The smallest absolute Gasteiger partial charge is 0.0299 e. The highest BCUT2D eigenvalue weighted by Gasteiger charge is 2.63. The average Bonchev–Trinajstić information content (AvgIpc) is 2.67. The third-order valence-electron chi connectivity index (χ3n) is 5.37. The first-order valence-corrected chi connectivity index (χ1v) is 8.18. The molecule has 1 aromatic heterocycles. The van der Waals surface area contributed by atoms with Crippen LogP contribution in [0.3, 0.4) is 0 Å². The van der Waals surface area contributed by atoms with Gasteiger partial charge in [-0.1, -0.05) is 48.5 Å². The van der Waals surface area contributed by atoms with Crippen molar-refractivity contribution in [1.82, 2.24) is 5.32 Å². The minimum Gasteiger partial charge on any atom is -0.312 e. The molecule has 0 aliphatic heterocycles. The fourth-order valence-electron chi connectivity index (χ4n) is 3.06. The lowest BCUT2D eigenvalue weighted by Gasteiger charge is -2.15. The third-order valence-corrected chi connectivity index (χ3v) is 6.88. The molecule has 0 spiro atoms. The van der Waals surface area contributed by atoms with Gasteiger partial charge in [0.15, 0.2) is 0 Å². The molecule has 1 aliphatic carbocycles. The molecule has 1 nitrogen and oxygen atoms in total. The first-order chi connectivity index (χ1) is 8.57. The second kappa shape index (κ2) is 4.60. The Balaban J connectivity index is 1.83. The van der Waals surface area contributed by atoms with E-state index in [1.807, 2.05) is 11.3 Å². The lowest BCUT2D eigenvalue weighted by Crippen LogP contribution is -2.18. The molecule has 1 aromatic rings. The fraction of sp³-hybridized carbons (Fsp3) is 0.765. The molecule has 0 aromatic carbocycles. The average molecular weight is 279 g/mol. The Hall–Kier alpha value is -0.340. The summed E-state index contributed by atoms with van der Waals surface area (Å²) in [5.74, 6) is 0.807. The van der Waals surface area contributed by atoms with Crippen LogP contribution in [0.15, 0.2) is 12.1 Å². The van der Waals surface area contributed by atoms with Crippen LogP contribution < -0.4 is 5.32 Å². The van der Waals surface area contributed by atoms with E-state index >= 15 is 0 Å². The predicted molar refractivity (Wildman–Crippen MR) is 85.8 cm³/mol. The Kier molecular flexibility index (Phi) is 3.64. The molecule has 0 radical (unpaired) electrons. The van der Waals surface area contributed by atoms with Crippen molar-refractivity contribution in [3.8, 4) is 0 Å². The van der Waals surface area contributed by atoms with Gasteiger partial charge in [0, 0.05) is 16.3 Å². The molecular formula is C17H29NS. The number of thiophene rings is 1. The summed E-state index contributed by atoms with van der Waals surface area (Å²) in [5.41, 5.74) is 1.27. The Bertz CT molecular complexity index is 434. The molecule has 1 N–H and O–H groups in total. The zero-order valence-corrected chi connectivity index (χ0v) is 14.4. The van der Waals surface area contributed by atoms with E-state index in [-0.39, 0.29) is 5.41 Å². The molecular weight excluding hydrogens is 250 g/mol. The summed E-state index contributed by atoms with van der Waals surface area (Å²) < 4.78 is 0. The number of hydrogen-bond donors (Lipinski definition) is 1. The number of hydrogen-bond acceptors (Lipinski definition) is 2. The quantitative estimate of drug-likeness (QED) is 0.833. The van der Waals surface area contributed by atoms with E-state index in [4.69, 9.17) is 0 Å². The van der Waals surface area contributed by atoms with Crippen molar-refractivity contribution in [3.05, 3.63) is 21.9 Å². The van der Waals surface area contributed by atoms with Crippen LogP contribution in [0, 0.1) is 16.7 Å². The maximum Gasteiger partial charge on any atom is 0.0299 e. The zero-order chi connectivity index (χ0) is 14.5. The highest BCUT2D eigenvalue weighted by atomic mass is 32.1. The van der Waals surface area contributed by atoms with Gasteiger partial charge in [-0.05, 0) is 40.8 Å². The molecule has 0 atom stereocenters. The van der Waals surface area contributed by atoms with Crippen molar-refractivity contribution in [3.63, 3.8) is 0 Å². The van der Waals surface area contributed by atoms with Crippen LogP contribution in [-0.2, 0) is 12.0 Å². The van der Waals surface area contributed by atoms with E-state index in [9.17, 15) is 0 Å². The molecule has 0 amide bonds. The van der Waals surface area contributed by atoms with Gasteiger partial charge in [0.1, 0.15) is 0 Å². The Morgan fingerprint density at radius 2 is 1.68 bits per heavy atom. The van der Waals surface area contributed by atoms with Crippen LogP contribution in [-0.4, -0.2) is 6.54 Å². The minimum atomic E-state index is 0.281. The van der Waals surface area contributed by atoms with E-state index in [2.05, 4.69) is 65.9 Å². The minimum absolute atomic E-state index is 0.281. The SMILES string of the molecule is CC(C)(C)c1ccc(CNCC2C(C)(C)C2(C)C)s1. The summed E-state index contributed by atoms with van der Waals surface area (Å²) in [6.45, 7) is 18.6. The van der Waals surface area contributed by atoms with Gasteiger partial charge in [0.05, 0.1) is 0 Å². The molecule has 0 unspecified atom stereocenters. The van der Waals surface area contributed by atoms with Crippen molar-refractivity contribution in [2.75, 3.05) is 6.54 Å². The monoisotopic (exact) mass is 279 g/mol. The number of nitrogens with one attached hydrogen (secondary N) is 1. The van der Waals surface area contributed by atoms with Crippen LogP contribution in [0.5, 0.6) is 0 Å². The van der Waals surface area contributed by atoms with Gasteiger partial charge in [-0.2, -0.15) is 0 Å². The normalized spacial score (nSPS) is 21.6. The van der Waals surface area contributed by atoms with Gasteiger partial charge in [0.25, 0.3) is 0 Å². The standard InChI is InChI=1S/C17H29NS/c1-15(2,3)14-9-8-12(19-14)10-18-11-13-16(4,5)17(13,6)7/h8-9,13,18H,10-11H2,1-7H3. The summed E-state index contributed by atoms with van der Waals surface area (Å²) in [5, 5.41) is 3.65. The lowest BCUT2D eigenvalue weighted by atomic mass is 9.95. The Labute approximate surface area is 122 Å². The van der Waals surface area contributed by atoms with E-state index < -0.39 is 0 Å². The molecule has 1 saturated carbocycles. The third kappa shape index (κ3) is 2.75. The van der Waals surface area contributed by atoms with Crippen molar-refractivity contribution in [2.45, 2.75) is 60.4 Å². The second-order valence-corrected chi connectivity index (χ2v) is 9.31. The molecule has 0 saturated heterocycles. The maximum atomic E-state index is 3.65. The van der Waals surface area contributed by atoms with Crippen LogP contribution in [0.1, 0.15) is 58.2 Å². The molecule has 1 aliphatic rings. The zero-order valence-electron chi connectivity index (χ0n) is 13.6. The van der Waals surface area contributed by atoms with E-state index in [1.54, 1.807) is 0 Å². The first kappa shape index (κ1) is 15.1. The van der Waals surface area contributed by atoms with E-state index in [0.717, 1.165) is 19.0 Å². The Morgan fingerprint density at radius 3 is 2.11 bits per heavy atom. The second-order valence-electron chi connectivity index (χ2n) is 8.14. The highest BCUT2D eigenvalue weighted by Crippen LogP contribution is 2.67. The van der Waals surface area contributed by atoms with Crippen LogP contribution >= 0.6 is 11.3 Å². The summed E-state index contributed by atoms with van der Waals surface area (Å²) >= 11 is 1.95. The molecule has 19 heavy (non-hydrogen) atoms. The van der Waals surface area contributed by atoms with Crippen molar-refractivity contribution >= 4 is 11.3 Å². The summed E-state index contributed by atoms with van der Waals surface area (Å²) in [6, 6.07) is 4.56. The summed E-state index contributed by atoms with van der Waals surface area (Å²) in [6.07, 6.45) is 0. The maximum absolute atomic E-state index is 3.65. The predicted octanol–water partition coefficient (Wildman–Crippen LogP) is 4.82. The highest BCUT2D eigenvalue weighted by molar-refractivity contribution is 7.12. The van der Waals surface area contributed by atoms with Crippen molar-refractivity contribution in [2.24, 2.45) is 16.7 Å². The van der Waals surface area contributed by atoms with Crippen LogP contribution in [0.2, 0.25) is 0 Å². The summed E-state index contributed by atoms with van der Waals surface area (Å²) in [4.78, 5) is 2.94. The van der Waals surface area contributed by atoms with Gasteiger partial charge in [-0.15, -0.1) is 11.3 Å². The fourth-order valence-corrected chi connectivity index (χ4v) is 4.09. The van der Waals surface area contributed by atoms with Crippen LogP contribution in [0.25, 0.3) is 0 Å². The molecule has 2 heteroatoms. The molecule has 0 bridgehead atoms. The molecule has 108 valence electrons. The molecule has 2 rings (SSSR count). The Morgan fingerprint density at radius 1 is 1.11 bits per heavy atom. The van der Waals surface area contributed by atoms with Gasteiger partial charge < -0.3 is 5.32 Å².